The maximum Gasteiger partial charge on any atom is 0.252 e. The molecule has 2 aliphatic carbocycles. The SMILES string of the molecule is COCC(=O)Nc1nc2c(s1)C[C@@H]1[C@](C)(CO)[C@H](O)CC[C@@]1(C)[C@@H]2CC(=O)NCc1cccnc1. The van der Waals surface area contributed by atoms with E-state index in [2.05, 4.69) is 22.5 Å². The monoisotopic (exact) mass is 502 g/mol. The minimum absolute atomic E-state index is 0.0460. The highest BCUT2D eigenvalue weighted by Crippen LogP contribution is 2.62. The van der Waals surface area contributed by atoms with Gasteiger partial charge in [0, 0.05) is 48.7 Å². The van der Waals surface area contributed by atoms with Crippen LogP contribution >= 0.6 is 11.3 Å². The van der Waals surface area contributed by atoms with Crippen LogP contribution in [0.3, 0.4) is 0 Å². The van der Waals surface area contributed by atoms with Crippen LogP contribution in [0.4, 0.5) is 5.13 Å². The van der Waals surface area contributed by atoms with E-state index in [0.29, 0.717) is 24.5 Å². The van der Waals surface area contributed by atoms with Crippen LogP contribution in [0.15, 0.2) is 24.5 Å². The Morgan fingerprint density at radius 2 is 2.11 bits per heavy atom. The average Bonchev–Trinajstić information content (AvgIpc) is 3.24. The summed E-state index contributed by atoms with van der Waals surface area (Å²) in [7, 11) is 1.46. The predicted molar refractivity (Wildman–Crippen MR) is 132 cm³/mol. The molecule has 0 spiro atoms. The number of hydrogen-bond donors (Lipinski definition) is 4. The van der Waals surface area contributed by atoms with E-state index in [4.69, 9.17) is 9.72 Å². The first-order valence-electron chi connectivity index (χ1n) is 11.9. The Bertz CT molecular complexity index is 1060. The molecule has 10 heteroatoms. The first kappa shape index (κ1) is 25.7. The molecule has 35 heavy (non-hydrogen) atoms. The molecule has 0 radical (unpaired) electrons. The van der Waals surface area contributed by atoms with E-state index in [1.54, 1.807) is 12.4 Å². The Morgan fingerprint density at radius 3 is 2.80 bits per heavy atom. The van der Waals surface area contributed by atoms with Gasteiger partial charge in [-0.2, -0.15) is 0 Å². The molecule has 0 unspecified atom stereocenters. The van der Waals surface area contributed by atoms with E-state index in [9.17, 15) is 19.8 Å². The smallest absolute Gasteiger partial charge is 0.252 e. The van der Waals surface area contributed by atoms with Crippen molar-refractivity contribution in [2.24, 2.45) is 16.7 Å². The molecular weight excluding hydrogens is 468 g/mol. The van der Waals surface area contributed by atoms with Gasteiger partial charge >= 0.3 is 0 Å². The molecule has 0 bridgehead atoms. The van der Waals surface area contributed by atoms with E-state index in [1.807, 2.05) is 19.1 Å². The van der Waals surface area contributed by atoms with Crippen LogP contribution in [0.1, 0.15) is 55.2 Å². The molecule has 2 aromatic rings. The summed E-state index contributed by atoms with van der Waals surface area (Å²) in [4.78, 5) is 35.1. The zero-order chi connectivity index (χ0) is 25.2. The summed E-state index contributed by atoms with van der Waals surface area (Å²) < 4.78 is 4.91. The van der Waals surface area contributed by atoms with Crippen LogP contribution < -0.4 is 10.6 Å². The molecule has 0 saturated heterocycles. The van der Waals surface area contributed by atoms with Gasteiger partial charge in [0.2, 0.25) is 5.91 Å². The number of carbonyl (C=O) groups is 2. The number of methoxy groups -OCH3 is 1. The van der Waals surface area contributed by atoms with Gasteiger partial charge in [-0.25, -0.2) is 4.98 Å². The molecular formula is C25H34N4O5S. The maximum atomic E-state index is 13.1. The molecule has 0 aromatic carbocycles. The lowest BCUT2D eigenvalue weighted by atomic mass is 9.47. The molecule has 9 nitrogen and oxygen atoms in total. The third kappa shape index (κ3) is 4.97. The van der Waals surface area contributed by atoms with Crippen molar-refractivity contribution in [3.63, 3.8) is 0 Å². The third-order valence-corrected chi connectivity index (χ3v) is 9.03. The number of carbonyl (C=O) groups excluding carboxylic acids is 2. The van der Waals surface area contributed by atoms with Crippen LogP contribution in [-0.4, -0.2) is 58.4 Å². The predicted octanol–water partition coefficient (Wildman–Crippen LogP) is 2.24. The van der Waals surface area contributed by atoms with E-state index in [-0.39, 0.29) is 48.7 Å². The van der Waals surface area contributed by atoms with E-state index in [1.165, 1.54) is 18.4 Å². The molecule has 2 aromatic heterocycles. The number of aliphatic hydroxyl groups is 2. The second kappa shape index (κ2) is 10.3. The van der Waals surface area contributed by atoms with Crippen molar-refractivity contribution in [2.45, 2.75) is 58.1 Å². The lowest BCUT2D eigenvalue weighted by molar-refractivity contribution is -0.144. The third-order valence-electron chi connectivity index (χ3n) is 8.02. The van der Waals surface area contributed by atoms with E-state index < -0.39 is 11.5 Å². The lowest BCUT2D eigenvalue weighted by Crippen LogP contribution is -2.57. The number of thiazole rings is 1. The number of ether oxygens (including phenoxy) is 1. The van der Waals surface area contributed by atoms with Gasteiger partial charge in [0.1, 0.15) is 6.61 Å². The van der Waals surface area contributed by atoms with Crippen LogP contribution in [0.5, 0.6) is 0 Å². The second-order valence-corrected chi connectivity index (χ2v) is 11.3. The van der Waals surface area contributed by atoms with Crippen molar-refractivity contribution in [1.82, 2.24) is 15.3 Å². The minimum Gasteiger partial charge on any atom is -0.396 e. The van der Waals surface area contributed by atoms with Gasteiger partial charge in [0.25, 0.3) is 5.91 Å². The second-order valence-electron chi connectivity index (χ2n) is 10.2. The maximum absolute atomic E-state index is 13.1. The summed E-state index contributed by atoms with van der Waals surface area (Å²) in [6.45, 7) is 4.27. The summed E-state index contributed by atoms with van der Waals surface area (Å²) in [6.07, 6.45) is 4.92. The highest BCUT2D eigenvalue weighted by molar-refractivity contribution is 7.15. The Hall–Kier alpha value is -2.40. The van der Waals surface area contributed by atoms with Crippen molar-refractivity contribution in [3.8, 4) is 0 Å². The van der Waals surface area contributed by atoms with Crippen molar-refractivity contribution < 1.29 is 24.5 Å². The van der Waals surface area contributed by atoms with Crippen LogP contribution in [0, 0.1) is 16.7 Å². The lowest BCUT2D eigenvalue weighted by Gasteiger charge is -2.58. The number of aromatic nitrogens is 2. The number of aliphatic hydroxyl groups excluding tert-OH is 2. The molecule has 1 fully saturated rings. The largest absolute Gasteiger partial charge is 0.396 e. The summed E-state index contributed by atoms with van der Waals surface area (Å²) >= 11 is 1.40. The zero-order valence-corrected chi connectivity index (χ0v) is 21.2. The van der Waals surface area contributed by atoms with Gasteiger partial charge in [0.05, 0.1) is 18.4 Å². The van der Waals surface area contributed by atoms with Crippen LogP contribution in [0.2, 0.25) is 0 Å². The van der Waals surface area contributed by atoms with Gasteiger partial charge < -0.3 is 20.3 Å². The summed E-state index contributed by atoms with van der Waals surface area (Å²) in [5.41, 5.74) is 0.699. The summed E-state index contributed by atoms with van der Waals surface area (Å²) in [5, 5.41) is 27.5. The average molecular weight is 503 g/mol. The number of fused-ring (bicyclic) bond motifs is 2. The number of anilines is 1. The molecule has 1 saturated carbocycles. The van der Waals surface area contributed by atoms with Gasteiger partial charge in [0.15, 0.2) is 5.13 Å². The van der Waals surface area contributed by atoms with Crippen molar-refractivity contribution in [1.29, 1.82) is 0 Å². The number of pyridine rings is 1. The molecule has 4 N–H and O–H groups in total. The van der Waals surface area contributed by atoms with Gasteiger partial charge in [-0.1, -0.05) is 19.9 Å². The van der Waals surface area contributed by atoms with Crippen LogP contribution in [-0.2, 0) is 27.3 Å². The molecule has 0 aliphatic heterocycles. The number of rotatable bonds is 8. The van der Waals surface area contributed by atoms with Crippen molar-refractivity contribution in [3.05, 3.63) is 40.7 Å². The molecule has 2 heterocycles. The van der Waals surface area contributed by atoms with Gasteiger partial charge in [-0.15, -0.1) is 11.3 Å². The van der Waals surface area contributed by atoms with E-state index >= 15 is 0 Å². The highest BCUT2D eigenvalue weighted by atomic mass is 32.1. The summed E-state index contributed by atoms with van der Waals surface area (Å²) in [5.74, 6) is -0.645. The van der Waals surface area contributed by atoms with Gasteiger partial charge in [-0.05, 0) is 42.2 Å². The topological polar surface area (TPSA) is 134 Å². The minimum atomic E-state index is -0.696. The highest BCUT2D eigenvalue weighted by Gasteiger charge is 2.59. The first-order valence-corrected chi connectivity index (χ1v) is 12.8. The number of nitrogens with one attached hydrogen (secondary N) is 2. The Kier molecular flexibility index (Phi) is 7.56. The first-order chi connectivity index (χ1) is 16.7. The molecule has 4 rings (SSSR count). The number of amides is 2. The van der Waals surface area contributed by atoms with Crippen LogP contribution in [0.25, 0.3) is 0 Å². The van der Waals surface area contributed by atoms with Gasteiger partial charge in [-0.3, -0.25) is 19.9 Å². The Labute approximate surface area is 209 Å². The Balaban J connectivity index is 1.64. The fourth-order valence-electron chi connectivity index (χ4n) is 5.95. The molecule has 5 atom stereocenters. The normalized spacial score (nSPS) is 29.7. The van der Waals surface area contributed by atoms with Crippen molar-refractivity contribution >= 4 is 28.3 Å². The zero-order valence-electron chi connectivity index (χ0n) is 20.4. The van der Waals surface area contributed by atoms with E-state index in [0.717, 1.165) is 22.6 Å². The number of nitrogens with zero attached hydrogens (tertiary/aromatic N) is 2. The fourth-order valence-corrected chi connectivity index (χ4v) is 7.03. The molecule has 2 amide bonds. The standard InChI is InChI=1S/C25H34N4O5S/c1-24-7-6-19(31)25(2,14-30)18(24)10-17-22(29-23(35-17)28-21(33)13-34-3)16(24)9-20(32)27-12-15-5-4-8-26-11-15/h4-5,8,11,16,18-19,30-31H,6-7,9-10,12-14H2,1-3H3,(H,27,32)(H,28,29,33)/t16-,18+,19-,24+,25+/m1/s1. The molecule has 190 valence electrons. The Morgan fingerprint density at radius 1 is 1.31 bits per heavy atom. The molecule has 2 aliphatic rings. The van der Waals surface area contributed by atoms with Crippen molar-refractivity contribution in [2.75, 3.05) is 25.6 Å². The summed E-state index contributed by atoms with van der Waals surface area (Å²) in [6, 6.07) is 3.74. The fraction of sp³-hybridized carbons (Fsp3) is 0.600. The quantitative estimate of drug-likeness (QED) is 0.435. The number of hydrogen-bond acceptors (Lipinski definition) is 8.